The molecule has 2 aromatic rings. The fourth-order valence-corrected chi connectivity index (χ4v) is 2.35. The van der Waals surface area contributed by atoms with Gasteiger partial charge in [-0.1, -0.05) is 56.6 Å². The molecule has 1 unspecified atom stereocenters. The molecule has 0 bridgehead atoms. The Balaban J connectivity index is 2.14. The molecule has 106 valence electrons. The Morgan fingerprint density at radius 3 is 2.35 bits per heavy atom. The molecule has 20 heavy (non-hydrogen) atoms. The molecule has 1 aromatic heterocycles. The largest absolute Gasteiger partial charge is 0.324 e. The Morgan fingerprint density at radius 2 is 1.80 bits per heavy atom. The van der Waals surface area contributed by atoms with Gasteiger partial charge in [0.1, 0.15) is 0 Å². The fraction of sp³-hybridized carbons (Fsp3) is 0.353. The third-order valence-corrected chi connectivity index (χ3v) is 3.84. The van der Waals surface area contributed by atoms with Crippen LogP contribution in [0.25, 0.3) is 0 Å². The molecular formula is C17H21ClN2. The number of rotatable bonds is 3. The molecule has 3 heteroatoms. The molecule has 0 amide bonds. The van der Waals surface area contributed by atoms with Crippen molar-refractivity contribution < 1.29 is 0 Å². The summed E-state index contributed by atoms with van der Waals surface area (Å²) in [5, 5.41) is 0.675. The van der Waals surface area contributed by atoms with Crippen LogP contribution in [-0.4, -0.2) is 4.98 Å². The fourth-order valence-electron chi connectivity index (χ4n) is 2.15. The van der Waals surface area contributed by atoms with Crippen LogP contribution in [-0.2, 0) is 11.8 Å². The number of benzene rings is 1. The summed E-state index contributed by atoms with van der Waals surface area (Å²) in [6.07, 6.45) is 4.12. The van der Waals surface area contributed by atoms with E-state index in [2.05, 4.69) is 50.0 Å². The highest BCUT2D eigenvalue weighted by Crippen LogP contribution is 2.25. The van der Waals surface area contributed by atoms with Gasteiger partial charge < -0.3 is 5.73 Å². The van der Waals surface area contributed by atoms with E-state index in [1.54, 1.807) is 12.4 Å². The number of hydrogen-bond acceptors (Lipinski definition) is 2. The Morgan fingerprint density at radius 1 is 1.15 bits per heavy atom. The molecule has 1 aromatic carbocycles. The summed E-state index contributed by atoms with van der Waals surface area (Å²) >= 11 is 6.12. The second-order valence-electron chi connectivity index (χ2n) is 6.15. The summed E-state index contributed by atoms with van der Waals surface area (Å²) in [5.74, 6) is 0. The van der Waals surface area contributed by atoms with Crippen LogP contribution in [0.1, 0.15) is 43.5 Å². The molecule has 0 aliphatic heterocycles. The molecule has 1 heterocycles. The van der Waals surface area contributed by atoms with E-state index in [1.165, 1.54) is 5.56 Å². The Bertz CT molecular complexity index is 570. The van der Waals surface area contributed by atoms with E-state index in [0.29, 0.717) is 5.02 Å². The zero-order chi connectivity index (χ0) is 14.8. The molecule has 0 radical (unpaired) electrons. The van der Waals surface area contributed by atoms with Crippen LogP contribution in [0.15, 0.2) is 42.7 Å². The zero-order valence-electron chi connectivity index (χ0n) is 12.2. The van der Waals surface area contributed by atoms with Crippen molar-refractivity contribution in [3.8, 4) is 0 Å². The minimum atomic E-state index is -0.0519. The van der Waals surface area contributed by atoms with E-state index in [-0.39, 0.29) is 11.5 Å². The third-order valence-electron chi connectivity index (χ3n) is 3.50. The van der Waals surface area contributed by atoms with E-state index < -0.39 is 0 Å². The predicted octanol–water partition coefficient (Wildman–Crippen LogP) is 4.28. The summed E-state index contributed by atoms with van der Waals surface area (Å²) in [5.41, 5.74) is 9.92. The number of hydrogen-bond donors (Lipinski definition) is 1. The molecule has 0 fully saturated rings. The van der Waals surface area contributed by atoms with Crippen molar-refractivity contribution in [1.29, 1.82) is 0 Å². The van der Waals surface area contributed by atoms with E-state index in [9.17, 15) is 0 Å². The van der Waals surface area contributed by atoms with E-state index in [0.717, 1.165) is 17.5 Å². The molecule has 0 aliphatic rings. The van der Waals surface area contributed by atoms with E-state index in [1.807, 2.05) is 6.07 Å². The van der Waals surface area contributed by atoms with Gasteiger partial charge in [0.25, 0.3) is 0 Å². The molecule has 2 rings (SSSR count). The van der Waals surface area contributed by atoms with Crippen LogP contribution in [0.2, 0.25) is 5.02 Å². The van der Waals surface area contributed by atoms with Crippen LogP contribution in [0.3, 0.4) is 0 Å². The summed E-state index contributed by atoms with van der Waals surface area (Å²) < 4.78 is 0. The Labute approximate surface area is 126 Å². The van der Waals surface area contributed by atoms with Gasteiger partial charge in [-0.05, 0) is 34.6 Å². The average molecular weight is 289 g/mol. The van der Waals surface area contributed by atoms with Gasteiger partial charge in [-0.15, -0.1) is 0 Å². The highest BCUT2D eigenvalue weighted by atomic mass is 35.5. The van der Waals surface area contributed by atoms with Gasteiger partial charge in [0.2, 0.25) is 0 Å². The van der Waals surface area contributed by atoms with Gasteiger partial charge >= 0.3 is 0 Å². The molecular weight excluding hydrogens is 268 g/mol. The first-order valence-electron chi connectivity index (χ1n) is 6.82. The topological polar surface area (TPSA) is 38.9 Å². The lowest BCUT2D eigenvalue weighted by Crippen LogP contribution is -2.15. The SMILES string of the molecule is CC(C)(C)c1ccc(C(N)Cc2ccncc2Cl)cc1. The van der Waals surface area contributed by atoms with Crippen molar-refractivity contribution in [2.75, 3.05) is 0 Å². The first-order valence-corrected chi connectivity index (χ1v) is 7.20. The standard InChI is InChI=1S/C17H21ClN2/c1-17(2,3)14-6-4-12(5-7-14)16(19)10-13-8-9-20-11-15(13)18/h4-9,11,16H,10,19H2,1-3H3. The maximum absolute atomic E-state index is 6.28. The Kier molecular flexibility index (Phi) is 4.46. The van der Waals surface area contributed by atoms with Crippen molar-refractivity contribution in [1.82, 2.24) is 4.98 Å². The van der Waals surface area contributed by atoms with Gasteiger partial charge in [-0.3, -0.25) is 4.98 Å². The quantitative estimate of drug-likeness (QED) is 0.916. The van der Waals surface area contributed by atoms with Crippen molar-refractivity contribution in [2.24, 2.45) is 5.73 Å². The first kappa shape index (κ1) is 15.0. The number of halogens is 1. The number of aromatic nitrogens is 1. The maximum atomic E-state index is 6.28. The van der Waals surface area contributed by atoms with Crippen LogP contribution in [0, 0.1) is 0 Å². The molecule has 0 saturated carbocycles. The summed E-state index contributed by atoms with van der Waals surface area (Å²) in [4.78, 5) is 3.99. The number of nitrogens with zero attached hydrogens (tertiary/aromatic N) is 1. The highest BCUT2D eigenvalue weighted by molar-refractivity contribution is 6.31. The van der Waals surface area contributed by atoms with Gasteiger partial charge in [-0.2, -0.15) is 0 Å². The molecule has 0 spiro atoms. The van der Waals surface area contributed by atoms with Crippen molar-refractivity contribution in [3.05, 3.63) is 64.4 Å². The molecule has 0 aliphatic carbocycles. The second-order valence-corrected chi connectivity index (χ2v) is 6.56. The maximum Gasteiger partial charge on any atom is 0.0622 e. The Hall–Kier alpha value is -1.38. The minimum absolute atomic E-state index is 0.0519. The average Bonchev–Trinajstić information content (AvgIpc) is 2.40. The summed E-state index contributed by atoms with van der Waals surface area (Å²) in [6, 6.07) is 10.4. The molecule has 1 atom stereocenters. The minimum Gasteiger partial charge on any atom is -0.324 e. The van der Waals surface area contributed by atoms with Gasteiger partial charge in [0, 0.05) is 18.4 Å². The lowest BCUT2D eigenvalue weighted by molar-refractivity contribution is 0.589. The van der Waals surface area contributed by atoms with Crippen molar-refractivity contribution in [3.63, 3.8) is 0 Å². The molecule has 0 saturated heterocycles. The van der Waals surface area contributed by atoms with Gasteiger partial charge in [0.15, 0.2) is 0 Å². The summed E-state index contributed by atoms with van der Waals surface area (Å²) in [7, 11) is 0. The zero-order valence-corrected chi connectivity index (χ0v) is 13.0. The van der Waals surface area contributed by atoms with Crippen LogP contribution >= 0.6 is 11.6 Å². The van der Waals surface area contributed by atoms with Crippen LogP contribution in [0.4, 0.5) is 0 Å². The first-order chi connectivity index (χ1) is 9.38. The normalized spacial score (nSPS) is 13.2. The van der Waals surface area contributed by atoms with Crippen molar-refractivity contribution in [2.45, 2.75) is 38.6 Å². The monoisotopic (exact) mass is 288 g/mol. The van der Waals surface area contributed by atoms with Gasteiger partial charge in [-0.25, -0.2) is 0 Å². The van der Waals surface area contributed by atoms with Gasteiger partial charge in [0.05, 0.1) is 5.02 Å². The molecule has 2 nitrogen and oxygen atoms in total. The lowest BCUT2D eigenvalue weighted by atomic mass is 9.86. The smallest absolute Gasteiger partial charge is 0.0622 e. The summed E-state index contributed by atoms with van der Waals surface area (Å²) in [6.45, 7) is 6.62. The third kappa shape index (κ3) is 3.59. The van der Waals surface area contributed by atoms with E-state index >= 15 is 0 Å². The predicted molar refractivity (Wildman–Crippen MR) is 85.0 cm³/mol. The number of pyridine rings is 1. The second kappa shape index (κ2) is 5.94. The lowest BCUT2D eigenvalue weighted by Gasteiger charge is -2.20. The highest BCUT2D eigenvalue weighted by Gasteiger charge is 2.14. The van der Waals surface area contributed by atoms with Crippen LogP contribution in [0.5, 0.6) is 0 Å². The molecule has 2 N–H and O–H groups in total. The van der Waals surface area contributed by atoms with Crippen LogP contribution < -0.4 is 5.73 Å². The van der Waals surface area contributed by atoms with Crippen molar-refractivity contribution >= 4 is 11.6 Å². The number of nitrogens with two attached hydrogens (primary N) is 1. The van der Waals surface area contributed by atoms with E-state index in [4.69, 9.17) is 17.3 Å².